The van der Waals surface area contributed by atoms with Gasteiger partial charge in [0.1, 0.15) is 0 Å². The molecule has 0 atom stereocenters. The number of likely N-dealkylation sites (N-methyl/N-ethyl adjacent to an activating group) is 1. The lowest BCUT2D eigenvalue weighted by molar-refractivity contribution is -0.112. The van der Waals surface area contributed by atoms with Gasteiger partial charge in [-0.15, -0.1) is 0 Å². The van der Waals surface area contributed by atoms with Crippen molar-refractivity contribution in [3.8, 4) is 0 Å². The fraction of sp³-hybridized carbons (Fsp3) is 0.206. The number of hydrogen-bond donors (Lipinski definition) is 0. The van der Waals surface area contributed by atoms with Crippen molar-refractivity contribution >= 4 is 54.9 Å². The lowest BCUT2D eigenvalue weighted by Crippen LogP contribution is -2.40. The Morgan fingerprint density at radius 1 is 0.881 bits per heavy atom. The van der Waals surface area contributed by atoms with Crippen LogP contribution in [0.5, 0.6) is 0 Å². The van der Waals surface area contributed by atoms with Gasteiger partial charge < -0.3 is 14.2 Å². The quantitative estimate of drug-likeness (QED) is 0.240. The van der Waals surface area contributed by atoms with E-state index in [0.717, 1.165) is 22.2 Å². The molecule has 2 aliphatic rings. The van der Waals surface area contributed by atoms with Crippen LogP contribution in [0.1, 0.15) is 23.6 Å². The minimum absolute atomic E-state index is 0.126. The van der Waals surface area contributed by atoms with E-state index < -0.39 is 10.0 Å². The van der Waals surface area contributed by atoms with Crippen LogP contribution >= 0.6 is 0 Å². The molecule has 0 N–H and O–H groups in total. The zero-order valence-electron chi connectivity index (χ0n) is 23.4. The molecule has 0 bridgehead atoms. The Kier molecular flexibility index (Phi) is 6.69. The first kappa shape index (κ1) is 26.6. The predicted octanol–water partition coefficient (Wildman–Crippen LogP) is 5.77. The average molecular weight is 578 g/mol. The highest BCUT2D eigenvalue weighted by molar-refractivity contribution is 7.89. The molecule has 42 heavy (non-hydrogen) atoms. The number of hydrogen-bond acceptors (Lipinski definition) is 4. The van der Waals surface area contributed by atoms with E-state index in [-0.39, 0.29) is 10.8 Å². The van der Waals surface area contributed by atoms with E-state index in [4.69, 9.17) is 4.74 Å². The van der Waals surface area contributed by atoms with Gasteiger partial charge in [0.15, 0.2) is 0 Å². The molecule has 5 aromatic rings. The first-order valence-electron chi connectivity index (χ1n) is 14.3. The number of fused-ring (bicyclic) bond motifs is 3. The van der Waals surface area contributed by atoms with Crippen molar-refractivity contribution in [3.05, 3.63) is 108 Å². The minimum Gasteiger partial charge on any atom is -0.379 e. The second kappa shape index (κ2) is 10.5. The number of rotatable bonds is 6. The Morgan fingerprint density at radius 3 is 2.43 bits per heavy atom. The average Bonchev–Trinajstić information content (AvgIpc) is 3.51. The van der Waals surface area contributed by atoms with Gasteiger partial charge in [-0.2, -0.15) is 4.31 Å². The molecule has 1 amide bonds. The molecular formula is C34H31N3O4S. The van der Waals surface area contributed by atoms with Crippen LogP contribution in [0.15, 0.2) is 96.0 Å². The normalized spacial score (nSPS) is 17.0. The molecule has 0 spiro atoms. The second-order valence-corrected chi connectivity index (χ2v) is 12.6. The van der Waals surface area contributed by atoms with Crippen LogP contribution in [0.25, 0.3) is 33.3 Å². The highest BCUT2D eigenvalue weighted by atomic mass is 32.2. The number of carbonyl (C=O) groups is 1. The van der Waals surface area contributed by atoms with Crippen LogP contribution in [0.3, 0.4) is 0 Å². The summed E-state index contributed by atoms with van der Waals surface area (Å²) >= 11 is 0. The number of morpholine rings is 1. The van der Waals surface area contributed by atoms with E-state index in [1.54, 1.807) is 23.1 Å². The molecule has 0 aliphatic carbocycles. The molecule has 1 fully saturated rings. The number of sulfonamides is 1. The Bertz CT molecular complexity index is 1980. The Balaban J connectivity index is 1.33. The summed E-state index contributed by atoms with van der Waals surface area (Å²) in [6, 6.07) is 28.0. The molecule has 7 rings (SSSR count). The maximum Gasteiger partial charge on any atom is 0.258 e. The van der Waals surface area contributed by atoms with E-state index in [2.05, 4.69) is 65.4 Å². The van der Waals surface area contributed by atoms with Crippen molar-refractivity contribution in [2.24, 2.45) is 0 Å². The Morgan fingerprint density at radius 2 is 1.62 bits per heavy atom. The summed E-state index contributed by atoms with van der Waals surface area (Å²) in [5.74, 6) is -0.126. The number of ether oxygens (including phenoxy) is 1. The summed E-state index contributed by atoms with van der Waals surface area (Å²) in [6.45, 7) is 4.48. The van der Waals surface area contributed by atoms with Gasteiger partial charge in [0.2, 0.25) is 10.0 Å². The van der Waals surface area contributed by atoms with Crippen molar-refractivity contribution in [2.75, 3.05) is 37.7 Å². The minimum atomic E-state index is -3.71. The summed E-state index contributed by atoms with van der Waals surface area (Å²) in [4.78, 5) is 15.6. The molecule has 2 aliphatic heterocycles. The third-order valence-corrected chi connectivity index (χ3v) is 10.2. The zero-order valence-corrected chi connectivity index (χ0v) is 24.2. The Labute approximate surface area is 245 Å². The van der Waals surface area contributed by atoms with Crippen molar-refractivity contribution in [2.45, 2.75) is 18.4 Å². The number of benzene rings is 4. The van der Waals surface area contributed by atoms with Crippen molar-refractivity contribution in [1.29, 1.82) is 0 Å². The molecule has 1 saturated heterocycles. The van der Waals surface area contributed by atoms with E-state index in [0.29, 0.717) is 50.5 Å². The van der Waals surface area contributed by atoms with Crippen molar-refractivity contribution in [1.82, 2.24) is 8.87 Å². The summed E-state index contributed by atoms with van der Waals surface area (Å²) in [5.41, 5.74) is 5.07. The molecule has 7 nitrogen and oxygen atoms in total. The van der Waals surface area contributed by atoms with Crippen LogP contribution in [0, 0.1) is 0 Å². The van der Waals surface area contributed by atoms with Gasteiger partial charge in [-0.25, -0.2) is 8.42 Å². The largest absolute Gasteiger partial charge is 0.379 e. The van der Waals surface area contributed by atoms with Crippen LogP contribution < -0.4 is 4.90 Å². The van der Waals surface area contributed by atoms with Gasteiger partial charge in [-0.05, 0) is 53.6 Å². The monoisotopic (exact) mass is 577 g/mol. The van der Waals surface area contributed by atoms with Gasteiger partial charge in [-0.3, -0.25) is 4.79 Å². The number of carbonyl (C=O) groups excluding carboxylic acids is 1. The summed E-state index contributed by atoms with van der Waals surface area (Å²) in [7, 11) is -3.71. The van der Waals surface area contributed by atoms with Crippen molar-refractivity contribution in [3.63, 3.8) is 0 Å². The first-order valence-corrected chi connectivity index (χ1v) is 15.7. The molecule has 1 aromatic heterocycles. The third kappa shape index (κ3) is 4.43. The van der Waals surface area contributed by atoms with Gasteiger partial charge >= 0.3 is 0 Å². The van der Waals surface area contributed by atoms with E-state index >= 15 is 0 Å². The second-order valence-electron chi connectivity index (χ2n) is 10.7. The molecule has 8 heteroatoms. The van der Waals surface area contributed by atoms with E-state index in [1.165, 1.54) is 20.6 Å². The molecule has 0 unspecified atom stereocenters. The van der Waals surface area contributed by atoms with Gasteiger partial charge in [0.05, 0.1) is 23.8 Å². The van der Waals surface area contributed by atoms with Gasteiger partial charge in [0.25, 0.3) is 5.91 Å². The maximum absolute atomic E-state index is 13.7. The van der Waals surface area contributed by atoms with Gasteiger partial charge in [-0.1, -0.05) is 60.7 Å². The number of aromatic nitrogens is 1. The molecule has 0 radical (unpaired) electrons. The van der Waals surface area contributed by atoms with Crippen LogP contribution in [0.4, 0.5) is 5.69 Å². The first-order chi connectivity index (χ1) is 20.5. The lowest BCUT2D eigenvalue weighted by atomic mass is 10.0. The van der Waals surface area contributed by atoms with Crippen LogP contribution in [-0.2, 0) is 26.1 Å². The topological polar surface area (TPSA) is 71.9 Å². The number of nitrogens with zero attached hydrogens (tertiary/aromatic N) is 3. The predicted molar refractivity (Wildman–Crippen MR) is 167 cm³/mol. The number of amides is 1. The molecule has 212 valence electrons. The SMILES string of the molecule is CCN1C(=O)/C(=C\c2cn(Cc3cccc4ccccc34)c3ccccc23)c2cc(S(=O)(=O)N3CCOCC3)ccc21. The number of anilines is 1. The molecular weight excluding hydrogens is 546 g/mol. The van der Waals surface area contributed by atoms with E-state index in [9.17, 15) is 13.2 Å². The summed E-state index contributed by atoms with van der Waals surface area (Å²) in [5, 5.41) is 3.45. The van der Waals surface area contributed by atoms with Crippen LogP contribution in [0.2, 0.25) is 0 Å². The number of para-hydroxylation sites is 1. The van der Waals surface area contributed by atoms with Gasteiger partial charge in [0, 0.05) is 60.0 Å². The highest BCUT2D eigenvalue weighted by Gasteiger charge is 2.34. The maximum atomic E-state index is 13.7. The fourth-order valence-electron chi connectivity index (χ4n) is 6.18. The zero-order chi connectivity index (χ0) is 28.8. The molecule has 0 saturated carbocycles. The molecule has 4 aromatic carbocycles. The molecule has 3 heterocycles. The smallest absolute Gasteiger partial charge is 0.258 e. The lowest BCUT2D eigenvalue weighted by Gasteiger charge is -2.26. The standard InChI is InChI=1S/C34H31N3O4S/c1-2-37-33-15-14-27(42(39,40)36-16-18-41-19-17-36)21-30(33)31(34(37)38)20-26-23-35(32-13-6-5-12-29(26)32)22-25-10-7-9-24-8-3-4-11-28(24)25/h3-15,20-21,23H,2,16-19,22H2,1H3/b31-20-. The fourth-order valence-corrected chi connectivity index (χ4v) is 7.61. The Hall–Kier alpha value is -4.24. The summed E-state index contributed by atoms with van der Waals surface area (Å²) in [6.07, 6.45) is 4.01. The van der Waals surface area contributed by atoms with Crippen molar-refractivity contribution < 1.29 is 17.9 Å². The highest BCUT2D eigenvalue weighted by Crippen LogP contribution is 2.40. The summed E-state index contributed by atoms with van der Waals surface area (Å²) < 4.78 is 36.0. The van der Waals surface area contributed by atoms with Crippen LogP contribution in [-0.4, -0.2) is 56.0 Å². The third-order valence-electron chi connectivity index (χ3n) is 8.29. The van der Waals surface area contributed by atoms with E-state index in [1.807, 2.05) is 25.1 Å².